The van der Waals surface area contributed by atoms with Gasteiger partial charge in [0.1, 0.15) is 5.78 Å². The van der Waals surface area contributed by atoms with E-state index in [0.717, 1.165) is 19.3 Å². The average molecular weight is 209 g/mol. The second-order valence-electron chi connectivity index (χ2n) is 3.97. The van der Waals surface area contributed by atoms with Crippen LogP contribution in [0.15, 0.2) is 12.3 Å². The van der Waals surface area contributed by atoms with Crippen molar-refractivity contribution in [3.05, 3.63) is 17.1 Å². The molecule has 0 aromatic carbocycles. The molecule has 0 aliphatic heterocycles. The molecule has 0 radical (unpaired) electrons. The first-order valence-corrected chi connectivity index (χ1v) is 6.01. The Morgan fingerprint density at radius 2 is 2.50 bits per heavy atom. The van der Waals surface area contributed by atoms with Crippen LogP contribution in [0.1, 0.15) is 43.4 Å². The Labute approximate surface area is 88.5 Å². The Hall–Kier alpha value is -0.700. The summed E-state index contributed by atoms with van der Waals surface area (Å²) in [5.74, 6) is 1.56. The van der Waals surface area contributed by atoms with Gasteiger partial charge in [-0.1, -0.05) is 13.3 Å². The lowest BCUT2D eigenvalue weighted by atomic mass is 9.76. The molecule has 1 aliphatic carbocycles. The van der Waals surface area contributed by atoms with Gasteiger partial charge >= 0.3 is 0 Å². The van der Waals surface area contributed by atoms with E-state index in [4.69, 9.17) is 0 Å². The zero-order valence-electron chi connectivity index (χ0n) is 8.40. The van der Waals surface area contributed by atoms with Gasteiger partial charge in [-0.2, -0.15) is 0 Å². The molecule has 14 heavy (non-hydrogen) atoms. The van der Waals surface area contributed by atoms with Gasteiger partial charge in [0.05, 0.1) is 0 Å². The zero-order valence-corrected chi connectivity index (χ0v) is 9.22. The molecule has 2 unspecified atom stereocenters. The maximum Gasteiger partial charge on any atom is 0.133 e. The topological polar surface area (TPSA) is 30.0 Å². The van der Waals surface area contributed by atoms with Crippen LogP contribution in [-0.2, 0) is 4.79 Å². The highest BCUT2D eigenvalue weighted by molar-refractivity contribution is 7.05. The molecule has 1 fully saturated rings. The van der Waals surface area contributed by atoms with E-state index in [1.807, 2.05) is 6.20 Å². The van der Waals surface area contributed by atoms with Gasteiger partial charge in [-0.05, 0) is 29.9 Å². The highest BCUT2D eigenvalue weighted by Crippen LogP contribution is 2.39. The second kappa shape index (κ2) is 4.22. The minimum absolute atomic E-state index is 0.424. The largest absolute Gasteiger partial charge is 0.300 e. The van der Waals surface area contributed by atoms with Crippen LogP contribution in [0.5, 0.6) is 0 Å². The van der Waals surface area contributed by atoms with Crippen molar-refractivity contribution in [2.75, 3.05) is 0 Å². The van der Waals surface area contributed by atoms with Gasteiger partial charge in [0.15, 0.2) is 0 Å². The Balaban J connectivity index is 2.17. The Morgan fingerprint density at radius 3 is 3.14 bits per heavy atom. The van der Waals surface area contributed by atoms with Crippen molar-refractivity contribution in [1.29, 1.82) is 0 Å². The number of ketones is 1. The van der Waals surface area contributed by atoms with Gasteiger partial charge in [-0.15, -0.1) is 0 Å². The van der Waals surface area contributed by atoms with Crippen molar-refractivity contribution in [1.82, 2.24) is 4.37 Å². The van der Waals surface area contributed by atoms with Crippen molar-refractivity contribution in [2.45, 2.75) is 38.5 Å². The van der Waals surface area contributed by atoms with Gasteiger partial charge in [0, 0.05) is 29.8 Å². The number of carbonyl (C=O) groups is 1. The first kappa shape index (κ1) is 9.84. The highest BCUT2D eigenvalue weighted by atomic mass is 32.1. The summed E-state index contributed by atoms with van der Waals surface area (Å²) in [4.78, 5) is 12.7. The zero-order chi connectivity index (χ0) is 9.97. The molecular weight excluding hydrogens is 194 g/mol. The fourth-order valence-corrected chi connectivity index (χ4v) is 3.08. The van der Waals surface area contributed by atoms with Gasteiger partial charge in [-0.25, -0.2) is 4.37 Å². The number of Topliss-reactive ketones (excluding diaryl/α,β-unsaturated/α-hetero) is 1. The molecular formula is C11H15NOS. The van der Waals surface area contributed by atoms with Crippen molar-refractivity contribution in [3.63, 3.8) is 0 Å². The molecule has 1 aliphatic rings. The van der Waals surface area contributed by atoms with E-state index in [2.05, 4.69) is 17.4 Å². The van der Waals surface area contributed by atoms with Gasteiger partial charge < -0.3 is 0 Å². The Morgan fingerprint density at radius 1 is 1.64 bits per heavy atom. The summed E-state index contributed by atoms with van der Waals surface area (Å²) in [6.45, 7) is 2.22. The molecule has 2 rings (SSSR count). The van der Waals surface area contributed by atoms with Crippen molar-refractivity contribution >= 4 is 17.3 Å². The number of hydrogen-bond acceptors (Lipinski definition) is 3. The van der Waals surface area contributed by atoms with E-state index in [0.29, 0.717) is 17.6 Å². The van der Waals surface area contributed by atoms with E-state index >= 15 is 0 Å². The molecule has 0 N–H and O–H groups in total. The third-order valence-electron chi connectivity index (χ3n) is 3.16. The number of rotatable bonds is 2. The van der Waals surface area contributed by atoms with E-state index in [1.54, 1.807) is 11.5 Å². The summed E-state index contributed by atoms with van der Waals surface area (Å²) >= 11 is 1.55. The molecule has 2 atom stereocenters. The number of hydrogen-bond donors (Lipinski definition) is 0. The lowest BCUT2D eigenvalue weighted by Gasteiger charge is -2.28. The Kier molecular flexibility index (Phi) is 2.96. The van der Waals surface area contributed by atoms with Crippen LogP contribution in [0.2, 0.25) is 0 Å². The summed E-state index contributed by atoms with van der Waals surface area (Å²) in [5.41, 5.74) is 0. The van der Waals surface area contributed by atoms with Crippen LogP contribution in [0.25, 0.3) is 0 Å². The summed E-state index contributed by atoms with van der Waals surface area (Å²) in [6.07, 6.45) is 5.61. The number of carbonyl (C=O) groups excluding carboxylic acids is 1. The van der Waals surface area contributed by atoms with Crippen molar-refractivity contribution in [2.24, 2.45) is 5.92 Å². The first-order valence-electron chi connectivity index (χ1n) is 5.23. The molecule has 1 saturated carbocycles. The summed E-state index contributed by atoms with van der Waals surface area (Å²) in [5, 5.41) is 0. The SMILES string of the molecule is CCC1CCC(=O)CC1c1ccns1. The maximum absolute atomic E-state index is 11.4. The van der Waals surface area contributed by atoms with E-state index in [-0.39, 0.29) is 0 Å². The number of aromatic nitrogens is 1. The standard InChI is InChI=1S/C11H15NOS/c1-2-8-3-4-9(13)7-10(8)11-5-6-12-14-11/h5-6,8,10H,2-4,7H2,1H3. The molecule has 3 heteroatoms. The lowest BCUT2D eigenvalue weighted by Crippen LogP contribution is -2.22. The molecule has 1 heterocycles. The fraction of sp³-hybridized carbons (Fsp3) is 0.636. The van der Waals surface area contributed by atoms with Gasteiger partial charge in [0.2, 0.25) is 0 Å². The molecule has 76 valence electrons. The van der Waals surface area contributed by atoms with Crippen LogP contribution >= 0.6 is 11.5 Å². The van der Waals surface area contributed by atoms with Crippen LogP contribution in [-0.4, -0.2) is 10.2 Å². The molecule has 2 nitrogen and oxygen atoms in total. The Bertz CT molecular complexity index is 307. The normalized spacial score (nSPS) is 27.9. The third-order valence-corrected chi connectivity index (χ3v) is 4.03. The molecule has 1 aromatic rings. The lowest BCUT2D eigenvalue weighted by molar-refractivity contribution is -0.121. The first-order chi connectivity index (χ1) is 6.81. The van der Waals surface area contributed by atoms with Gasteiger partial charge in [0.25, 0.3) is 0 Å². The minimum atomic E-state index is 0.424. The predicted molar refractivity (Wildman–Crippen MR) is 57.5 cm³/mol. The van der Waals surface area contributed by atoms with E-state index in [9.17, 15) is 4.79 Å². The van der Waals surface area contributed by atoms with Crippen molar-refractivity contribution in [3.8, 4) is 0 Å². The van der Waals surface area contributed by atoms with Crippen LogP contribution in [0.4, 0.5) is 0 Å². The van der Waals surface area contributed by atoms with Crippen molar-refractivity contribution < 1.29 is 4.79 Å². The number of nitrogens with zero attached hydrogens (tertiary/aromatic N) is 1. The third kappa shape index (κ3) is 1.87. The average Bonchev–Trinajstić information content (AvgIpc) is 2.70. The monoisotopic (exact) mass is 209 g/mol. The molecule has 0 saturated heterocycles. The predicted octanol–water partition coefficient (Wildman–Crippen LogP) is 3.01. The van der Waals surface area contributed by atoms with Crippen LogP contribution in [0.3, 0.4) is 0 Å². The van der Waals surface area contributed by atoms with Crippen LogP contribution in [0, 0.1) is 5.92 Å². The van der Waals surface area contributed by atoms with E-state index in [1.165, 1.54) is 11.3 Å². The summed E-state index contributed by atoms with van der Waals surface area (Å²) in [6, 6.07) is 2.07. The van der Waals surface area contributed by atoms with Crippen LogP contribution < -0.4 is 0 Å². The summed E-state index contributed by atoms with van der Waals surface area (Å²) in [7, 11) is 0. The maximum atomic E-state index is 11.4. The van der Waals surface area contributed by atoms with Gasteiger partial charge in [-0.3, -0.25) is 4.79 Å². The second-order valence-corrected chi connectivity index (χ2v) is 4.84. The van der Waals surface area contributed by atoms with E-state index < -0.39 is 0 Å². The molecule has 1 aromatic heterocycles. The quantitative estimate of drug-likeness (QED) is 0.749. The molecule has 0 amide bonds. The molecule has 0 bridgehead atoms. The minimum Gasteiger partial charge on any atom is -0.300 e. The fourth-order valence-electron chi connectivity index (χ4n) is 2.30. The smallest absolute Gasteiger partial charge is 0.133 e. The highest BCUT2D eigenvalue weighted by Gasteiger charge is 2.29. The summed E-state index contributed by atoms with van der Waals surface area (Å²) < 4.78 is 4.12. The molecule has 0 spiro atoms.